The molecule has 2 aromatic heterocycles. The second kappa shape index (κ2) is 5.69. The fraction of sp³-hybridized carbons (Fsp3) is 0.273. The molecule has 0 atom stereocenters. The van der Waals surface area contributed by atoms with Crippen LogP contribution in [0.3, 0.4) is 0 Å². The lowest BCUT2D eigenvalue weighted by molar-refractivity contribution is 0.685. The number of hydrogen-bond donors (Lipinski definition) is 2. The molecule has 0 fully saturated rings. The van der Waals surface area contributed by atoms with Crippen LogP contribution in [0.25, 0.3) is 10.7 Å². The summed E-state index contributed by atoms with van der Waals surface area (Å²) in [7, 11) is 0. The first-order chi connectivity index (χ1) is 7.90. The van der Waals surface area contributed by atoms with Crippen molar-refractivity contribution in [2.75, 3.05) is 13.1 Å². The molecule has 0 aliphatic heterocycles. The highest BCUT2D eigenvalue weighted by Crippen LogP contribution is 2.20. The van der Waals surface area contributed by atoms with E-state index in [1.54, 1.807) is 17.5 Å². The molecular formula is C11H14N4S. The van der Waals surface area contributed by atoms with Crippen molar-refractivity contribution in [1.82, 2.24) is 15.3 Å². The minimum Gasteiger partial charge on any atom is -0.329 e. The van der Waals surface area contributed by atoms with Gasteiger partial charge in [-0.15, -0.1) is 11.3 Å². The summed E-state index contributed by atoms with van der Waals surface area (Å²) < 4.78 is 0. The zero-order chi connectivity index (χ0) is 11.2. The highest BCUT2D eigenvalue weighted by atomic mass is 32.1. The van der Waals surface area contributed by atoms with Gasteiger partial charge in [-0.3, -0.25) is 4.98 Å². The first-order valence-corrected chi connectivity index (χ1v) is 6.04. The van der Waals surface area contributed by atoms with Crippen LogP contribution in [-0.2, 0) is 6.54 Å². The Balaban J connectivity index is 2.02. The molecule has 0 saturated heterocycles. The molecule has 0 radical (unpaired) electrons. The van der Waals surface area contributed by atoms with Gasteiger partial charge in [0.2, 0.25) is 0 Å². The molecule has 0 unspecified atom stereocenters. The lowest BCUT2D eigenvalue weighted by Crippen LogP contribution is -2.21. The van der Waals surface area contributed by atoms with Gasteiger partial charge in [-0.2, -0.15) is 0 Å². The number of nitrogens with one attached hydrogen (secondary N) is 1. The van der Waals surface area contributed by atoms with E-state index < -0.39 is 0 Å². The number of nitrogens with zero attached hydrogens (tertiary/aromatic N) is 2. The Morgan fingerprint density at radius 1 is 1.38 bits per heavy atom. The van der Waals surface area contributed by atoms with Crippen LogP contribution in [0.15, 0.2) is 29.8 Å². The first-order valence-electron chi connectivity index (χ1n) is 5.17. The van der Waals surface area contributed by atoms with Crippen LogP contribution >= 0.6 is 11.3 Å². The lowest BCUT2D eigenvalue weighted by atomic mass is 10.3. The summed E-state index contributed by atoms with van der Waals surface area (Å²) in [5.74, 6) is 0. The predicted octanol–water partition coefficient (Wildman–Crippen LogP) is 1.25. The van der Waals surface area contributed by atoms with Crippen LogP contribution in [0.1, 0.15) is 5.69 Å². The summed E-state index contributed by atoms with van der Waals surface area (Å²) in [5, 5.41) is 6.23. The van der Waals surface area contributed by atoms with Gasteiger partial charge >= 0.3 is 0 Å². The molecule has 0 aromatic carbocycles. The van der Waals surface area contributed by atoms with Crippen molar-refractivity contribution in [2.24, 2.45) is 5.73 Å². The summed E-state index contributed by atoms with van der Waals surface area (Å²) in [6.45, 7) is 2.23. The minimum absolute atomic E-state index is 0.650. The van der Waals surface area contributed by atoms with E-state index in [-0.39, 0.29) is 0 Å². The molecule has 16 heavy (non-hydrogen) atoms. The van der Waals surface area contributed by atoms with Crippen LogP contribution in [0.2, 0.25) is 0 Å². The van der Waals surface area contributed by atoms with E-state index >= 15 is 0 Å². The SMILES string of the molecule is NCCNCc1csc(-c2ccccn2)n1. The van der Waals surface area contributed by atoms with Gasteiger partial charge in [0.05, 0.1) is 11.4 Å². The Morgan fingerprint density at radius 3 is 3.06 bits per heavy atom. The molecule has 0 aliphatic rings. The average molecular weight is 234 g/mol. The maximum Gasteiger partial charge on any atom is 0.142 e. The van der Waals surface area contributed by atoms with Crippen molar-refractivity contribution in [1.29, 1.82) is 0 Å². The van der Waals surface area contributed by atoms with Crippen molar-refractivity contribution in [3.63, 3.8) is 0 Å². The van der Waals surface area contributed by atoms with Gasteiger partial charge in [-0.05, 0) is 12.1 Å². The molecule has 84 valence electrons. The summed E-state index contributed by atoms with van der Waals surface area (Å²) in [4.78, 5) is 8.77. The third-order valence-electron chi connectivity index (χ3n) is 2.06. The second-order valence-electron chi connectivity index (χ2n) is 3.32. The van der Waals surface area contributed by atoms with E-state index in [1.807, 2.05) is 23.6 Å². The van der Waals surface area contributed by atoms with Gasteiger partial charge in [0.25, 0.3) is 0 Å². The van der Waals surface area contributed by atoms with E-state index in [4.69, 9.17) is 5.73 Å². The molecule has 3 N–H and O–H groups in total. The van der Waals surface area contributed by atoms with Crippen LogP contribution in [0.5, 0.6) is 0 Å². The Morgan fingerprint density at radius 2 is 2.31 bits per heavy atom. The molecular weight excluding hydrogens is 220 g/mol. The van der Waals surface area contributed by atoms with Crippen molar-refractivity contribution < 1.29 is 0 Å². The van der Waals surface area contributed by atoms with Gasteiger partial charge in [0.15, 0.2) is 0 Å². The summed E-state index contributed by atoms with van der Waals surface area (Å²) in [5.41, 5.74) is 7.37. The van der Waals surface area contributed by atoms with Crippen molar-refractivity contribution in [3.8, 4) is 10.7 Å². The van der Waals surface area contributed by atoms with Crippen molar-refractivity contribution in [2.45, 2.75) is 6.54 Å². The molecule has 2 aromatic rings. The second-order valence-corrected chi connectivity index (χ2v) is 4.18. The summed E-state index contributed by atoms with van der Waals surface area (Å²) in [6.07, 6.45) is 1.78. The van der Waals surface area contributed by atoms with Crippen LogP contribution < -0.4 is 11.1 Å². The fourth-order valence-electron chi connectivity index (χ4n) is 1.31. The van der Waals surface area contributed by atoms with E-state index in [0.29, 0.717) is 6.54 Å². The Kier molecular flexibility index (Phi) is 3.98. The van der Waals surface area contributed by atoms with Gasteiger partial charge in [0, 0.05) is 31.2 Å². The summed E-state index contributed by atoms with van der Waals surface area (Å²) in [6, 6.07) is 5.84. The van der Waals surface area contributed by atoms with Crippen LogP contribution in [0.4, 0.5) is 0 Å². The zero-order valence-corrected chi connectivity index (χ0v) is 9.70. The first kappa shape index (κ1) is 11.2. The predicted molar refractivity (Wildman–Crippen MR) is 66.1 cm³/mol. The molecule has 4 nitrogen and oxygen atoms in total. The Labute approximate surface area is 98.6 Å². The third kappa shape index (κ3) is 2.85. The number of hydrogen-bond acceptors (Lipinski definition) is 5. The largest absolute Gasteiger partial charge is 0.329 e. The van der Waals surface area contributed by atoms with Gasteiger partial charge in [-0.1, -0.05) is 6.07 Å². The van der Waals surface area contributed by atoms with E-state index in [0.717, 1.165) is 29.5 Å². The fourth-order valence-corrected chi connectivity index (χ4v) is 2.11. The van der Waals surface area contributed by atoms with Crippen molar-refractivity contribution >= 4 is 11.3 Å². The van der Waals surface area contributed by atoms with E-state index in [9.17, 15) is 0 Å². The Bertz CT molecular complexity index is 427. The third-order valence-corrected chi connectivity index (χ3v) is 2.98. The molecule has 0 aliphatic carbocycles. The highest BCUT2D eigenvalue weighted by molar-refractivity contribution is 7.13. The molecule has 5 heteroatoms. The molecule has 0 saturated carbocycles. The number of rotatable bonds is 5. The van der Waals surface area contributed by atoms with Crippen LogP contribution in [-0.4, -0.2) is 23.1 Å². The quantitative estimate of drug-likeness (QED) is 0.764. The number of pyridine rings is 1. The maximum absolute atomic E-state index is 5.40. The topological polar surface area (TPSA) is 63.8 Å². The molecule has 0 bridgehead atoms. The molecule has 0 amide bonds. The smallest absolute Gasteiger partial charge is 0.142 e. The van der Waals surface area contributed by atoms with Crippen molar-refractivity contribution in [3.05, 3.63) is 35.5 Å². The van der Waals surface area contributed by atoms with Gasteiger partial charge in [0.1, 0.15) is 5.01 Å². The molecule has 2 heterocycles. The average Bonchev–Trinajstić information content (AvgIpc) is 2.79. The highest BCUT2D eigenvalue weighted by Gasteiger charge is 2.04. The number of nitrogens with two attached hydrogens (primary N) is 1. The van der Waals surface area contributed by atoms with Gasteiger partial charge in [-0.25, -0.2) is 4.98 Å². The number of aromatic nitrogens is 2. The Hall–Kier alpha value is -1.30. The standard InChI is InChI=1S/C11H14N4S/c12-4-6-13-7-9-8-16-11(15-9)10-3-1-2-5-14-10/h1-3,5,8,13H,4,6-7,12H2. The van der Waals surface area contributed by atoms with Crippen LogP contribution in [0, 0.1) is 0 Å². The molecule has 2 rings (SSSR count). The van der Waals surface area contributed by atoms with E-state index in [2.05, 4.69) is 15.3 Å². The monoisotopic (exact) mass is 234 g/mol. The zero-order valence-electron chi connectivity index (χ0n) is 8.89. The minimum atomic E-state index is 0.650. The lowest BCUT2D eigenvalue weighted by Gasteiger charge is -1.98. The van der Waals surface area contributed by atoms with Gasteiger partial charge < -0.3 is 11.1 Å². The normalized spacial score (nSPS) is 10.6. The number of thiazole rings is 1. The maximum atomic E-state index is 5.40. The summed E-state index contributed by atoms with van der Waals surface area (Å²) >= 11 is 1.62. The van der Waals surface area contributed by atoms with E-state index in [1.165, 1.54) is 0 Å². The molecule has 0 spiro atoms.